The van der Waals surface area contributed by atoms with Gasteiger partial charge in [-0.2, -0.15) is 5.10 Å². The summed E-state index contributed by atoms with van der Waals surface area (Å²) in [5.41, 5.74) is 1.72. The predicted molar refractivity (Wildman–Crippen MR) is 66.7 cm³/mol. The Hall–Kier alpha value is -1.88. The molecule has 0 bridgehead atoms. The Balaban J connectivity index is 1.80. The van der Waals surface area contributed by atoms with E-state index in [0.717, 1.165) is 18.5 Å². The molecule has 0 aliphatic rings. The predicted octanol–water partition coefficient (Wildman–Crippen LogP) is 1.60. The van der Waals surface area contributed by atoms with Crippen LogP contribution in [0, 0.1) is 5.82 Å². The first-order chi connectivity index (χ1) is 8.66. The van der Waals surface area contributed by atoms with Crippen LogP contribution >= 0.6 is 0 Å². The zero-order valence-electron chi connectivity index (χ0n) is 10.2. The van der Waals surface area contributed by atoms with Gasteiger partial charge in [0, 0.05) is 25.4 Å². The van der Waals surface area contributed by atoms with E-state index >= 15 is 0 Å². The highest BCUT2D eigenvalue weighted by Gasteiger charge is 2.05. The van der Waals surface area contributed by atoms with Crippen LogP contribution in [0.15, 0.2) is 30.6 Å². The average Bonchev–Trinajstić information content (AvgIpc) is 2.76. The van der Waals surface area contributed by atoms with Crippen molar-refractivity contribution in [2.75, 3.05) is 6.54 Å². The number of phenolic OH excluding ortho intramolecular Hbond substituents is 1. The number of para-hydroxylation sites is 1. The van der Waals surface area contributed by atoms with Crippen molar-refractivity contribution >= 4 is 0 Å². The summed E-state index contributed by atoms with van der Waals surface area (Å²) in [6.07, 6.45) is 4.63. The van der Waals surface area contributed by atoms with E-state index in [1.807, 2.05) is 19.4 Å². The summed E-state index contributed by atoms with van der Waals surface area (Å²) in [5, 5.41) is 16.7. The molecule has 18 heavy (non-hydrogen) atoms. The minimum absolute atomic E-state index is 0.272. The molecule has 4 nitrogen and oxygen atoms in total. The van der Waals surface area contributed by atoms with E-state index in [-0.39, 0.29) is 5.75 Å². The largest absolute Gasteiger partial charge is 0.505 e. The van der Waals surface area contributed by atoms with Crippen LogP contribution in [0.4, 0.5) is 4.39 Å². The van der Waals surface area contributed by atoms with Crippen molar-refractivity contribution in [3.05, 3.63) is 47.5 Å². The number of aryl methyl sites for hydroxylation is 1. The lowest BCUT2D eigenvalue weighted by Gasteiger charge is -2.06. The average molecular weight is 249 g/mol. The Morgan fingerprint density at radius 3 is 3.00 bits per heavy atom. The highest BCUT2D eigenvalue weighted by molar-refractivity contribution is 5.33. The summed E-state index contributed by atoms with van der Waals surface area (Å²) in [6, 6.07) is 4.54. The van der Waals surface area contributed by atoms with Crippen LogP contribution in [0.3, 0.4) is 0 Å². The summed E-state index contributed by atoms with van der Waals surface area (Å²) >= 11 is 0. The third-order valence-electron chi connectivity index (χ3n) is 2.73. The molecule has 0 radical (unpaired) electrons. The molecule has 0 fully saturated rings. The second kappa shape index (κ2) is 5.64. The van der Waals surface area contributed by atoms with Gasteiger partial charge in [0.1, 0.15) is 0 Å². The van der Waals surface area contributed by atoms with Crippen LogP contribution in [0.2, 0.25) is 0 Å². The van der Waals surface area contributed by atoms with E-state index in [4.69, 9.17) is 0 Å². The van der Waals surface area contributed by atoms with E-state index in [9.17, 15) is 9.50 Å². The lowest BCUT2D eigenvalue weighted by Crippen LogP contribution is -2.16. The Labute approximate surface area is 105 Å². The fraction of sp³-hybridized carbons (Fsp3) is 0.308. The molecule has 96 valence electrons. The Kier molecular flexibility index (Phi) is 3.94. The number of aromatic hydroxyl groups is 1. The zero-order valence-corrected chi connectivity index (χ0v) is 10.2. The summed E-state index contributed by atoms with van der Waals surface area (Å²) in [7, 11) is 1.88. The number of halogens is 1. The topological polar surface area (TPSA) is 50.1 Å². The number of hydrogen-bond donors (Lipinski definition) is 2. The van der Waals surface area contributed by atoms with Crippen molar-refractivity contribution in [1.29, 1.82) is 0 Å². The van der Waals surface area contributed by atoms with Gasteiger partial charge in [0.25, 0.3) is 0 Å². The number of phenols is 1. The lowest BCUT2D eigenvalue weighted by atomic mass is 10.2. The van der Waals surface area contributed by atoms with Gasteiger partial charge in [0.15, 0.2) is 11.6 Å². The van der Waals surface area contributed by atoms with Crippen molar-refractivity contribution in [1.82, 2.24) is 15.1 Å². The number of rotatable bonds is 5. The van der Waals surface area contributed by atoms with Crippen LogP contribution in [-0.4, -0.2) is 21.4 Å². The van der Waals surface area contributed by atoms with Crippen LogP contribution in [0.5, 0.6) is 5.75 Å². The van der Waals surface area contributed by atoms with Gasteiger partial charge in [0.2, 0.25) is 0 Å². The highest BCUT2D eigenvalue weighted by Crippen LogP contribution is 2.20. The molecule has 0 aliphatic heterocycles. The molecule has 0 unspecified atom stereocenters. The molecule has 1 heterocycles. The van der Waals surface area contributed by atoms with Crippen molar-refractivity contribution in [3.63, 3.8) is 0 Å². The third-order valence-corrected chi connectivity index (χ3v) is 2.73. The van der Waals surface area contributed by atoms with Crippen LogP contribution in [0.1, 0.15) is 11.1 Å². The van der Waals surface area contributed by atoms with Gasteiger partial charge >= 0.3 is 0 Å². The number of nitrogens with zero attached hydrogens (tertiary/aromatic N) is 2. The van der Waals surface area contributed by atoms with E-state index in [2.05, 4.69) is 10.4 Å². The standard InChI is InChI=1S/C13H16FN3O/c1-17-9-10(7-16-17)5-6-15-8-11-3-2-4-12(14)13(11)18/h2-4,7,9,15,18H,5-6,8H2,1H3. The van der Waals surface area contributed by atoms with Gasteiger partial charge < -0.3 is 10.4 Å². The molecule has 0 spiro atoms. The molecule has 2 N–H and O–H groups in total. The molecule has 2 rings (SSSR count). The molecule has 0 saturated carbocycles. The van der Waals surface area contributed by atoms with Crippen molar-refractivity contribution in [2.45, 2.75) is 13.0 Å². The number of nitrogens with one attached hydrogen (secondary N) is 1. The van der Waals surface area contributed by atoms with E-state index < -0.39 is 5.82 Å². The zero-order chi connectivity index (χ0) is 13.0. The summed E-state index contributed by atoms with van der Waals surface area (Å²) in [4.78, 5) is 0. The maximum absolute atomic E-state index is 13.1. The van der Waals surface area contributed by atoms with E-state index in [0.29, 0.717) is 12.1 Å². The molecule has 2 aromatic rings. The van der Waals surface area contributed by atoms with Crippen molar-refractivity contribution < 1.29 is 9.50 Å². The third kappa shape index (κ3) is 3.07. The molecule has 1 aromatic heterocycles. The molecule has 1 aromatic carbocycles. The molecule has 5 heteroatoms. The normalized spacial score (nSPS) is 10.8. The van der Waals surface area contributed by atoms with Gasteiger partial charge in [-0.3, -0.25) is 4.68 Å². The second-order valence-electron chi connectivity index (χ2n) is 4.20. The highest BCUT2D eigenvalue weighted by atomic mass is 19.1. The SMILES string of the molecule is Cn1cc(CCNCc2cccc(F)c2O)cn1. The summed E-state index contributed by atoms with van der Waals surface area (Å²) < 4.78 is 14.8. The first-order valence-electron chi connectivity index (χ1n) is 5.81. The smallest absolute Gasteiger partial charge is 0.165 e. The summed E-state index contributed by atoms with van der Waals surface area (Å²) in [5.74, 6) is -0.854. The first kappa shape index (κ1) is 12.6. The van der Waals surface area contributed by atoms with Gasteiger partial charge in [-0.05, 0) is 24.6 Å². The molecular weight excluding hydrogens is 233 g/mol. The molecule has 0 aliphatic carbocycles. The molecule has 0 saturated heterocycles. The Bertz CT molecular complexity index is 525. The lowest BCUT2D eigenvalue weighted by molar-refractivity contribution is 0.423. The molecular formula is C13H16FN3O. The maximum atomic E-state index is 13.1. The Morgan fingerprint density at radius 1 is 1.44 bits per heavy atom. The van der Waals surface area contributed by atoms with Crippen LogP contribution in [0.25, 0.3) is 0 Å². The molecule has 0 atom stereocenters. The fourth-order valence-electron chi connectivity index (χ4n) is 1.76. The second-order valence-corrected chi connectivity index (χ2v) is 4.20. The Morgan fingerprint density at radius 2 is 2.28 bits per heavy atom. The number of benzene rings is 1. The maximum Gasteiger partial charge on any atom is 0.165 e. The molecule has 0 amide bonds. The fourth-order valence-corrected chi connectivity index (χ4v) is 1.76. The number of hydrogen-bond acceptors (Lipinski definition) is 3. The minimum Gasteiger partial charge on any atom is -0.505 e. The van der Waals surface area contributed by atoms with Crippen LogP contribution in [-0.2, 0) is 20.0 Å². The number of aromatic nitrogens is 2. The van der Waals surface area contributed by atoms with Gasteiger partial charge in [-0.25, -0.2) is 4.39 Å². The van der Waals surface area contributed by atoms with E-state index in [1.165, 1.54) is 6.07 Å². The minimum atomic E-state index is -0.582. The van der Waals surface area contributed by atoms with E-state index in [1.54, 1.807) is 16.8 Å². The summed E-state index contributed by atoms with van der Waals surface area (Å²) in [6.45, 7) is 1.20. The van der Waals surface area contributed by atoms with Gasteiger partial charge in [-0.1, -0.05) is 12.1 Å². The van der Waals surface area contributed by atoms with Gasteiger partial charge in [-0.15, -0.1) is 0 Å². The van der Waals surface area contributed by atoms with Gasteiger partial charge in [0.05, 0.1) is 6.20 Å². The van der Waals surface area contributed by atoms with Crippen LogP contribution < -0.4 is 5.32 Å². The van der Waals surface area contributed by atoms with Crippen molar-refractivity contribution in [2.24, 2.45) is 7.05 Å². The monoisotopic (exact) mass is 249 g/mol. The van der Waals surface area contributed by atoms with Crippen molar-refractivity contribution in [3.8, 4) is 5.75 Å². The quantitative estimate of drug-likeness (QED) is 0.791. The first-order valence-corrected chi connectivity index (χ1v) is 5.81.